The van der Waals surface area contributed by atoms with E-state index in [-0.39, 0.29) is 30.1 Å². The third kappa shape index (κ3) is 2.61. The van der Waals surface area contributed by atoms with E-state index in [1.54, 1.807) is 7.11 Å². The second-order valence-electron chi connectivity index (χ2n) is 5.99. The number of likely N-dealkylation sites (tertiary alicyclic amines) is 1. The van der Waals surface area contributed by atoms with Gasteiger partial charge in [-0.25, -0.2) is 0 Å². The summed E-state index contributed by atoms with van der Waals surface area (Å²) in [5.41, 5.74) is -0.211. The van der Waals surface area contributed by atoms with Crippen molar-refractivity contribution in [3.8, 4) is 0 Å². The smallest absolute Gasteiger partial charge is 0.392 e. The first-order valence-electron chi connectivity index (χ1n) is 7.18. The lowest BCUT2D eigenvalue weighted by Crippen LogP contribution is -2.61. The molecule has 9 heteroatoms. The number of ether oxygens (including phenoxy) is 1. The van der Waals surface area contributed by atoms with E-state index in [1.165, 1.54) is 0 Å². The Morgan fingerprint density at radius 1 is 1.41 bits per heavy atom. The van der Waals surface area contributed by atoms with Crippen LogP contribution in [0.3, 0.4) is 0 Å². The Kier molecular flexibility index (Phi) is 3.90. The fraction of sp³-hybridized carbons (Fsp3) is 0.846. The molecule has 2 aliphatic rings. The van der Waals surface area contributed by atoms with Crippen LogP contribution in [0.4, 0.5) is 13.2 Å². The van der Waals surface area contributed by atoms with Gasteiger partial charge in [-0.05, 0) is 25.9 Å². The van der Waals surface area contributed by atoms with Crippen LogP contribution >= 0.6 is 0 Å². The Hall–Kier alpha value is -1.19. The van der Waals surface area contributed by atoms with Gasteiger partial charge in [0.25, 0.3) is 5.82 Å². The first kappa shape index (κ1) is 15.7. The summed E-state index contributed by atoms with van der Waals surface area (Å²) >= 11 is 0. The Labute approximate surface area is 125 Å². The Morgan fingerprint density at radius 2 is 2.09 bits per heavy atom. The third-order valence-electron chi connectivity index (χ3n) is 4.89. The molecular formula is C13H18F3N3O3. The van der Waals surface area contributed by atoms with Gasteiger partial charge in [-0.3, -0.25) is 4.90 Å². The molecule has 1 spiro atoms. The van der Waals surface area contributed by atoms with Gasteiger partial charge in [0.2, 0.25) is 5.89 Å². The number of aromatic nitrogens is 2. The van der Waals surface area contributed by atoms with Crippen LogP contribution in [-0.4, -0.2) is 52.6 Å². The van der Waals surface area contributed by atoms with Gasteiger partial charge >= 0.3 is 6.18 Å². The van der Waals surface area contributed by atoms with Gasteiger partial charge in [0.15, 0.2) is 0 Å². The molecule has 0 unspecified atom stereocenters. The summed E-state index contributed by atoms with van der Waals surface area (Å²) in [5.74, 6) is -1.29. The van der Waals surface area contributed by atoms with Gasteiger partial charge in [0.1, 0.15) is 0 Å². The maximum Gasteiger partial charge on any atom is 0.455 e. The number of nitrogens with zero attached hydrogens (tertiary/aromatic N) is 3. The molecule has 1 aromatic rings. The number of alkyl halides is 3. The molecular weight excluding hydrogens is 303 g/mol. The Morgan fingerprint density at radius 3 is 2.59 bits per heavy atom. The molecule has 0 radical (unpaired) electrons. The second kappa shape index (κ2) is 5.47. The van der Waals surface area contributed by atoms with Crippen LogP contribution in [0.5, 0.6) is 0 Å². The highest BCUT2D eigenvalue weighted by atomic mass is 19.4. The highest BCUT2D eigenvalue weighted by Crippen LogP contribution is 2.50. The highest BCUT2D eigenvalue weighted by Gasteiger charge is 2.55. The topological polar surface area (TPSA) is 71.6 Å². The monoisotopic (exact) mass is 321 g/mol. The molecule has 1 N–H and O–H groups in total. The van der Waals surface area contributed by atoms with Gasteiger partial charge in [-0.1, -0.05) is 5.16 Å². The zero-order valence-electron chi connectivity index (χ0n) is 12.1. The molecule has 2 fully saturated rings. The molecule has 0 bridgehead atoms. The molecule has 1 saturated carbocycles. The molecule has 0 amide bonds. The lowest BCUT2D eigenvalue weighted by Gasteiger charge is -2.56. The van der Waals surface area contributed by atoms with Crippen LogP contribution < -0.4 is 0 Å². The van der Waals surface area contributed by atoms with Crippen LogP contribution in [0.1, 0.15) is 31.0 Å². The van der Waals surface area contributed by atoms with E-state index in [0.29, 0.717) is 19.5 Å². The Balaban J connectivity index is 1.57. The van der Waals surface area contributed by atoms with Crippen molar-refractivity contribution in [2.45, 2.75) is 44.2 Å². The van der Waals surface area contributed by atoms with Crippen molar-refractivity contribution >= 4 is 0 Å². The average molecular weight is 321 g/mol. The van der Waals surface area contributed by atoms with E-state index in [0.717, 1.165) is 12.8 Å². The first-order chi connectivity index (χ1) is 10.3. The molecule has 22 heavy (non-hydrogen) atoms. The standard InChI is InChI=1S/C13H18F3N3O3/c1-21-9-6-8(20)12(9)2-4-19(5-3-12)7-10-17-11(18-22-10)13(14,15)16/h8-9,20H,2-7H2,1H3/t8-,9+/m0/s1. The molecule has 6 nitrogen and oxygen atoms in total. The first-order valence-corrected chi connectivity index (χ1v) is 7.18. The van der Waals surface area contributed by atoms with Gasteiger partial charge in [0, 0.05) is 18.9 Å². The molecule has 1 saturated heterocycles. The molecule has 0 aromatic carbocycles. The largest absolute Gasteiger partial charge is 0.455 e. The minimum Gasteiger partial charge on any atom is -0.392 e. The van der Waals surface area contributed by atoms with Gasteiger partial charge in [0.05, 0.1) is 18.8 Å². The van der Waals surface area contributed by atoms with E-state index >= 15 is 0 Å². The Bertz CT molecular complexity index is 526. The number of rotatable bonds is 3. The van der Waals surface area contributed by atoms with E-state index in [4.69, 9.17) is 4.74 Å². The van der Waals surface area contributed by atoms with Gasteiger partial charge < -0.3 is 14.4 Å². The summed E-state index contributed by atoms with van der Waals surface area (Å²) in [6, 6.07) is 0. The van der Waals surface area contributed by atoms with Crippen molar-refractivity contribution in [1.29, 1.82) is 0 Å². The van der Waals surface area contributed by atoms with Crippen molar-refractivity contribution in [3.63, 3.8) is 0 Å². The number of halogens is 3. The maximum absolute atomic E-state index is 12.4. The number of aliphatic hydroxyl groups excluding tert-OH is 1. The molecule has 1 aromatic heterocycles. The van der Waals surface area contributed by atoms with E-state index < -0.39 is 12.0 Å². The van der Waals surface area contributed by atoms with Crippen molar-refractivity contribution in [2.75, 3.05) is 20.2 Å². The minimum atomic E-state index is -4.59. The lowest BCUT2D eigenvalue weighted by molar-refractivity contribution is -0.202. The van der Waals surface area contributed by atoms with E-state index in [2.05, 4.69) is 14.7 Å². The zero-order chi connectivity index (χ0) is 16.0. The number of methoxy groups -OCH3 is 1. The molecule has 1 aliphatic heterocycles. The quantitative estimate of drug-likeness (QED) is 0.908. The molecule has 2 atom stereocenters. The summed E-state index contributed by atoms with van der Waals surface area (Å²) in [7, 11) is 1.64. The van der Waals surface area contributed by atoms with E-state index in [9.17, 15) is 18.3 Å². The fourth-order valence-electron chi connectivity index (χ4n) is 3.47. The van der Waals surface area contributed by atoms with Crippen molar-refractivity contribution in [2.24, 2.45) is 5.41 Å². The predicted octanol–water partition coefficient (Wildman–Crippen LogP) is 1.45. The summed E-state index contributed by atoms with van der Waals surface area (Å²) in [4.78, 5) is 5.33. The molecule has 3 rings (SSSR count). The highest BCUT2D eigenvalue weighted by molar-refractivity contribution is 5.06. The fourth-order valence-corrected chi connectivity index (χ4v) is 3.47. The maximum atomic E-state index is 12.4. The molecule has 2 heterocycles. The number of aliphatic hydroxyl groups is 1. The zero-order valence-corrected chi connectivity index (χ0v) is 12.1. The normalized spacial score (nSPS) is 28.8. The SMILES string of the molecule is CO[C@@H]1C[C@H](O)C12CCN(Cc1nc(C(F)(F)F)no1)CC2. The predicted molar refractivity (Wildman–Crippen MR) is 67.7 cm³/mol. The van der Waals surface area contributed by atoms with Gasteiger partial charge in [-0.15, -0.1) is 0 Å². The summed E-state index contributed by atoms with van der Waals surface area (Å²) < 4.78 is 47.3. The van der Waals surface area contributed by atoms with Crippen LogP contribution in [-0.2, 0) is 17.5 Å². The number of piperidine rings is 1. The average Bonchev–Trinajstić information content (AvgIpc) is 2.94. The summed E-state index contributed by atoms with van der Waals surface area (Å²) in [5, 5.41) is 13.0. The number of hydrogen-bond acceptors (Lipinski definition) is 6. The van der Waals surface area contributed by atoms with Crippen molar-refractivity contribution < 1.29 is 27.5 Å². The molecule has 1 aliphatic carbocycles. The third-order valence-corrected chi connectivity index (χ3v) is 4.89. The van der Waals surface area contributed by atoms with Gasteiger partial charge in [-0.2, -0.15) is 18.2 Å². The summed E-state index contributed by atoms with van der Waals surface area (Å²) in [6.45, 7) is 1.49. The second-order valence-corrected chi connectivity index (χ2v) is 5.99. The number of hydrogen-bond donors (Lipinski definition) is 1. The van der Waals surface area contributed by atoms with Crippen LogP contribution in [0.2, 0.25) is 0 Å². The lowest BCUT2D eigenvalue weighted by atomic mass is 9.58. The minimum absolute atomic E-state index is 0.0410. The van der Waals surface area contributed by atoms with E-state index in [1.807, 2.05) is 4.90 Å². The molecule has 124 valence electrons. The summed E-state index contributed by atoms with van der Waals surface area (Å²) in [6.07, 6.45) is -2.76. The van der Waals surface area contributed by atoms with Crippen molar-refractivity contribution in [3.05, 3.63) is 11.7 Å². The van der Waals surface area contributed by atoms with Crippen LogP contribution in [0, 0.1) is 5.41 Å². The van der Waals surface area contributed by atoms with Crippen LogP contribution in [0.25, 0.3) is 0 Å². The van der Waals surface area contributed by atoms with Crippen molar-refractivity contribution in [1.82, 2.24) is 15.0 Å². The van der Waals surface area contributed by atoms with Crippen LogP contribution in [0.15, 0.2) is 4.52 Å².